The summed E-state index contributed by atoms with van der Waals surface area (Å²) < 4.78 is 1.55. The van der Waals surface area contributed by atoms with Crippen LogP contribution in [0.4, 0.5) is 0 Å². The fourth-order valence-electron chi connectivity index (χ4n) is 1.09. The third-order valence-corrected chi connectivity index (χ3v) is 1.86. The lowest BCUT2D eigenvalue weighted by Gasteiger charge is -2.05. The second-order valence-corrected chi connectivity index (χ2v) is 3.22. The number of hydrogen-bond acceptors (Lipinski definition) is 2. The van der Waals surface area contributed by atoms with E-state index in [2.05, 4.69) is 18.9 Å². The molecule has 0 atom stereocenters. The molecule has 1 aromatic rings. The lowest BCUT2D eigenvalue weighted by Crippen LogP contribution is -2.15. The second kappa shape index (κ2) is 4.03. The summed E-state index contributed by atoms with van der Waals surface area (Å²) in [5.74, 6) is 0.462. The van der Waals surface area contributed by atoms with Crippen LogP contribution in [-0.2, 0) is 0 Å². The van der Waals surface area contributed by atoms with Crippen molar-refractivity contribution < 1.29 is 0 Å². The van der Waals surface area contributed by atoms with Crippen LogP contribution in [-0.4, -0.2) is 10.9 Å². The van der Waals surface area contributed by atoms with Crippen molar-refractivity contribution in [2.45, 2.75) is 26.7 Å². The monoisotopic (exact) mass is 177 g/mol. The molecule has 0 aliphatic carbocycles. The van der Waals surface area contributed by atoms with Crippen LogP contribution in [0.2, 0.25) is 0 Å². The summed E-state index contributed by atoms with van der Waals surface area (Å²) >= 11 is 0. The van der Waals surface area contributed by atoms with E-state index in [4.69, 9.17) is 5.41 Å². The normalized spacial score (nSPS) is 11.4. The molecule has 0 aliphatic rings. The fourth-order valence-corrected chi connectivity index (χ4v) is 1.09. The van der Waals surface area contributed by atoms with Gasteiger partial charge in [-0.2, -0.15) is 5.10 Å². The molecule has 0 unspecified atom stereocenters. The predicted molar refractivity (Wildman–Crippen MR) is 53.9 cm³/mol. The Kier molecular flexibility index (Phi) is 3.01. The third-order valence-electron chi connectivity index (χ3n) is 1.86. The Morgan fingerprint density at radius 2 is 2.23 bits per heavy atom. The van der Waals surface area contributed by atoms with Crippen molar-refractivity contribution in [1.29, 1.82) is 5.41 Å². The molecule has 0 aliphatic heterocycles. The summed E-state index contributed by atoms with van der Waals surface area (Å²) in [4.78, 5) is 0. The Balaban J connectivity index is 3.13. The molecule has 70 valence electrons. The van der Waals surface area contributed by atoms with Crippen molar-refractivity contribution in [3.8, 4) is 0 Å². The van der Waals surface area contributed by atoms with Gasteiger partial charge < -0.3 is 0 Å². The van der Waals surface area contributed by atoms with E-state index in [1.165, 1.54) is 5.56 Å². The van der Waals surface area contributed by atoms with Gasteiger partial charge in [0.15, 0.2) is 0 Å². The largest absolute Gasteiger partial charge is 0.283 e. The zero-order valence-corrected chi connectivity index (χ0v) is 8.28. The van der Waals surface area contributed by atoms with Gasteiger partial charge in [-0.1, -0.05) is 13.8 Å². The number of nitrogens with one attached hydrogen (secondary N) is 1. The van der Waals surface area contributed by atoms with Crippen LogP contribution in [0.15, 0.2) is 23.4 Å². The minimum absolute atomic E-state index is 0.421. The highest BCUT2D eigenvalue weighted by molar-refractivity contribution is 5.52. The SMILES string of the molecule is C/C=N\n1ccc(C(C)C)cc1=N. The van der Waals surface area contributed by atoms with Gasteiger partial charge in [0, 0.05) is 12.4 Å². The molecule has 3 heteroatoms. The molecule has 0 saturated carbocycles. The third kappa shape index (κ3) is 2.28. The van der Waals surface area contributed by atoms with Gasteiger partial charge in [0.05, 0.1) is 0 Å². The van der Waals surface area contributed by atoms with Gasteiger partial charge in [0.1, 0.15) is 5.49 Å². The highest BCUT2D eigenvalue weighted by atomic mass is 15.3. The molecule has 0 amide bonds. The first-order chi connectivity index (χ1) is 6.15. The molecule has 1 N–H and O–H groups in total. The van der Waals surface area contributed by atoms with E-state index < -0.39 is 0 Å². The van der Waals surface area contributed by atoms with Gasteiger partial charge in [0.25, 0.3) is 0 Å². The number of rotatable bonds is 2. The molecule has 13 heavy (non-hydrogen) atoms. The zero-order chi connectivity index (χ0) is 9.84. The summed E-state index contributed by atoms with van der Waals surface area (Å²) in [6.07, 6.45) is 3.49. The van der Waals surface area contributed by atoms with Crippen LogP contribution in [0.3, 0.4) is 0 Å². The fraction of sp³-hybridized carbons (Fsp3) is 0.400. The molecule has 1 rings (SSSR count). The van der Waals surface area contributed by atoms with Crippen LogP contribution in [0, 0.1) is 5.41 Å². The van der Waals surface area contributed by atoms with E-state index in [1.54, 1.807) is 10.9 Å². The molecule has 1 aromatic heterocycles. The Morgan fingerprint density at radius 3 is 2.69 bits per heavy atom. The molecule has 0 saturated heterocycles. The van der Waals surface area contributed by atoms with Crippen molar-refractivity contribution >= 4 is 6.21 Å². The second-order valence-electron chi connectivity index (χ2n) is 3.22. The quantitative estimate of drug-likeness (QED) is 0.671. The number of hydrogen-bond donors (Lipinski definition) is 1. The predicted octanol–water partition coefficient (Wildman–Crippen LogP) is 1.94. The minimum atomic E-state index is 0.421. The van der Waals surface area contributed by atoms with Crippen molar-refractivity contribution in [1.82, 2.24) is 4.68 Å². The first-order valence-electron chi connectivity index (χ1n) is 4.41. The molecule has 0 radical (unpaired) electrons. The molecule has 0 fully saturated rings. The maximum Gasteiger partial charge on any atom is 0.146 e. The van der Waals surface area contributed by atoms with Gasteiger partial charge in [-0.3, -0.25) is 5.41 Å². The highest BCUT2D eigenvalue weighted by Crippen LogP contribution is 2.10. The van der Waals surface area contributed by atoms with Gasteiger partial charge in [0.2, 0.25) is 0 Å². The summed E-state index contributed by atoms with van der Waals surface area (Å²) in [5.41, 5.74) is 1.59. The topological polar surface area (TPSA) is 41.1 Å². The van der Waals surface area contributed by atoms with Crippen molar-refractivity contribution in [2.75, 3.05) is 0 Å². The van der Waals surface area contributed by atoms with Crippen molar-refractivity contribution in [2.24, 2.45) is 5.10 Å². The van der Waals surface area contributed by atoms with Crippen LogP contribution >= 0.6 is 0 Å². The Hall–Kier alpha value is -1.38. The van der Waals surface area contributed by atoms with E-state index in [9.17, 15) is 0 Å². The van der Waals surface area contributed by atoms with Gasteiger partial charge in [-0.05, 0) is 30.5 Å². The molecule has 1 heterocycles. The number of nitrogens with zero attached hydrogens (tertiary/aromatic N) is 2. The van der Waals surface area contributed by atoms with Crippen LogP contribution in [0.1, 0.15) is 32.3 Å². The molecule has 0 aromatic carbocycles. The van der Waals surface area contributed by atoms with Gasteiger partial charge in [-0.25, -0.2) is 4.68 Å². The van der Waals surface area contributed by atoms with E-state index in [-0.39, 0.29) is 0 Å². The Labute approximate surface area is 78.2 Å². The van der Waals surface area contributed by atoms with E-state index in [0.29, 0.717) is 11.4 Å². The lowest BCUT2D eigenvalue weighted by molar-refractivity contribution is 0.768. The molecule has 0 bridgehead atoms. The Morgan fingerprint density at radius 1 is 1.54 bits per heavy atom. The first kappa shape index (κ1) is 9.71. The number of aromatic nitrogens is 1. The smallest absolute Gasteiger partial charge is 0.146 e. The maximum atomic E-state index is 7.66. The average Bonchev–Trinajstić information content (AvgIpc) is 2.08. The van der Waals surface area contributed by atoms with Gasteiger partial charge >= 0.3 is 0 Å². The zero-order valence-electron chi connectivity index (χ0n) is 8.28. The standard InChI is InChI=1S/C10H15N3/c1-4-12-13-6-5-9(8(2)3)7-10(13)11/h4-8,11H,1-3H3/b11-10?,12-4-. The van der Waals surface area contributed by atoms with E-state index >= 15 is 0 Å². The molecule has 3 nitrogen and oxygen atoms in total. The van der Waals surface area contributed by atoms with Crippen LogP contribution < -0.4 is 5.49 Å². The van der Waals surface area contributed by atoms with Crippen LogP contribution in [0.5, 0.6) is 0 Å². The first-order valence-corrected chi connectivity index (χ1v) is 4.41. The average molecular weight is 177 g/mol. The van der Waals surface area contributed by atoms with Gasteiger partial charge in [-0.15, -0.1) is 0 Å². The minimum Gasteiger partial charge on any atom is -0.283 e. The summed E-state index contributed by atoms with van der Waals surface area (Å²) in [6.45, 7) is 6.06. The highest BCUT2D eigenvalue weighted by Gasteiger charge is 1.98. The van der Waals surface area contributed by atoms with Crippen LogP contribution in [0.25, 0.3) is 0 Å². The maximum absolute atomic E-state index is 7.66. The summed E-state index contributed by atoms with van der Waals surface area (Å²) in [6, 6.07) is 3.84. The Bertz CT molecular complexity index is 361. The molecular formula is C10H15N3. The number of pyridine rings is 1. The van der Waals surface area contributed by atoms with E-state index in [0.717, 1.165) is 0 Å². The molecular weight excluding hydrogens is 162 g/mol. The summed E-state index contributed by atoms with van der Waals surface area (Å²) in [5, 5.41) is 11.7. The van der Waals surface area contributed by atoms with E-state index in [1.807, 2.05) is 25.3 Å². The molecule has 0 spiro atoms. The lowest BCUT2D eigenvalue weighted by atomic mass is 10.1. The van der Waals surface area contributed by atoms with Crippen molar-refractivity contribution in [3.63, 3.8) is 0 Å². The summed E-state index contributed by atoms with van der Waals surface area (Å²) in [7, 11) is 0. The van der Waals surface area contributed by atoms with Crippen molar-refractivity contribution in [3.05, 3.63) is 29.4 Å².